The third kappa shape index (κ3) is 3.49. The molecule has 0 saturated heterocycles. The summed E-state index contributed by atoms with van der Waals surface area (Å²) in [7, 11) is 0. The van der Waals surface area contributed by atoms with E-state index in [9.17, 15) is 4.79 Å². The minimum absolute atomic E-state index is 0.0723. The highest BCUT2D eigenvalue weighted by Crippen LogP contribution is 2.24. The fraction of sp³-hybridized carbons (Fsp3) is 0.533. The maximum atomic E-state index is 10.7. The Morgan fingerprint density at radius 2 is 1.94 bits per heavy atom. The van der Waals surface area contributed by atoms with Crippen LogP contribution < -0.4 is 5.32 Å². The number of anilines is 1. The molecule has 3 nitrogen and oxygen atoms in total. The summed E-state index contributed by atoms with van der Waals surface area (Å²) in [5.41, 5.74) is 2.24. The van der Waals surface area contributed by atoms with Crippen LogP contribution in [0.3, 0.4) is 0 Å². The van der Waals surface area contributed by atoms with Gasteiger partial charge in [0.1, 0.15) is 0 Å². The highest BCUT2D eigenvalue weighted by Gasteiger charge is 2.14. The first kappa shape index (κ1) is 12.9. The topological polar surface area (TPSA) is 49.3 Å². The molecule has 0 heterocycles. The number of rotatable bonds is 5. The van der Waals surface area contributed by atoms with Gasteiger partial charge in [-0.05, 0) is 36.5 Å². The van der Waals surface area contributed by atoms with Crippen molar-refractivity contribution in [1.82, 2.24) is 0 Å². The number of carbonyl (C=O) groups is 1. The van der Waals surface area contributed by atoms with Crippen LogP contribution in [0.25, 0.3) is 0 Å². The standard InChI is InChI=1S/C15H21NO2/c1-11(10-15(17)18)12-6-8-14(9-7-12)16-13-4-2-3-5-13/h6-9,11,13,16H,2-5,10H2,1H3,(H,17,18). The molecule has 1 saturated carbocycles. The third-order valence-corrected chi connectivity index (χ3v) is 3.69. The van der Waals surface area contributed by atoms with Gasteiger partial charge in [-0.25, -0.2) is 0 Å². The van der Waals surface area contributed by atoms with Gasteiger partial charge in [0.05, 0.1) is 6.42 Å². The average Bonchev–Trinajstić information content (AvgIpc) is 2.82. The Morgan fingerprint density at radius 3 is 2.50 bits per heavy atom. The average molecular weight is 247 g/mol. The molecule has 1 aromatic rings. The molecule has 18 heavy (non-hydrogen) atoms. The molecule has 1 atom stereocenters. The summed E-state index contributed by atoms with van der Waals surface area (Å²) in [6, 6.07) is 8.81. The maximum absolute atomic E-state index is 10.7. The summed E-state index contributed by atoms with van der Waals surface area (Å²) < 4.78 is 0. The van der Waals surface area contributed by atoms with Crippen molar-refractivity contribution in [2.24, 2.45) is 0 Å². The number of carboxylic acids is 1. The molecule has 1 aliphatic carbocycles. The number of carboxylic acid groups (broad SMARTS) is 1. The van der Waals surface area contributed by atoms with E-state index in [1.54, 1.807) is 0 Å². The van der Waals surface area contributed by atoms with Gasteiger partial charge in [0.2, 0.25) is 0 Å². The summed E-state index contributed by atoms with van der Waals surface area (Å²) in [6.45, 7) is 1.95. The number of hydrogen-bond donors (Lipinski definition) is 2. The quantitative estimate of drug-likeness (QED) is 0.835. The Kier molecular flexibility index (Phi) is 4.24. The predicted octanol–water partition coefficient (Wildman–Crippen LogP) is 3.62. The van der Waals surface area contributed by atoms with E-state index in [2.05, 4.69) is 17.4 Å². The Balaban J connectivity index is 1.94. The maximum Gasteiger partial charge on any atom is 0.303 e. The molecule has 0 bridgehead atoms. The van der Waals surface area contributed by atoms with Gasteiger partial charge in [0, 0.05) is 11.7 Å². The van der Waals surface area contributed by atoms with Crippen molar-refractivity contribution in [3.8, 4) is 0 Å². The van der Waals surface area contributed by atoms with Gasteiger partial charge in [0.25, 0.3) is 0 Å². The number of benzene rings is 1. The van der Waals surface area contributed by atoms with Crippen molar-refractivity contribution < 1.29 is 9.90 Å². The van der Waals surface area contributed by atoms with Crippen LogP contribution in [0.1, 0.15) is 50.5 Å². The van der Waals surface area contributed by atoms with Crippen LogP contribution in [0.15, 0.2) is 24.3 Å². The number of nitrogens with one attached hydrogen (secondary N) is 1. The Hall–Kier alpha value is -1.51. The SMILES string of the molecule is CC(CC(=O)O)c1ccc(NC2CCCC2)cc1. The van der Waals surface area contributed by atoms with Gasteiger partial charge >= 0.3 is 5.97 Å². The van der Waals surface area contributed by atoms with E-state index in [0.717, 1.165) is 11.3 Å². The molecule has 0 spiro atoms. The molecule has 1 fully saturated rings. The largest absolute Gasteiger partial charge is 0.481 e. The van der Waals surface area contributed by atoms with Gasteiger partial charge in [-0.1, -0.05) is 31.9 Å². The molecule has 2 N–H and O–H groups in total. The molecule has 0 radical (unpaired) electrons. The molecule has 98 valence electrons. The first-order chi connectivity index (χ1) is 8.65. The number of hydrogen-bond acceptors (Lipinski definition) is 2. The van der Waals surface area contributed by atoms with E-state index >= 15 is 0 Å². The van der Waals surface area contributed by atoms with E-state index in [-0.39, 0.29) is 12.3 Å². The molecular weight excluding hydrogens is 226 g/mol. The van der Waals surface area contributed by atoms with Gasteiger partial charge < -0.3 is 10.4 Å². The fourth-order valence-electron chi connectivity index (χ4n) is 2.59. The van der Waals surface area contributed by atoms with E-state index in [4.69, 9.17) is 5.11 Å². The molecule has 3 heteroatoms. The van der Waals surface area contributed by atoms with E-state index in [0.29, 0.717) is 6.04 Å². The van der Waals surface area contributed by atoms with Crippen LogP contribution in [-0.4, -0.2) is 17.1 Å². The first-order valence-corrected chi connectivity index (χ1v) is 6.73. The Morgan fingerprint density at radius 1 is 1.33 bits per heavy atom. The lowest BCUT2D eigenvalue weighted by Gasteiger charge is -2.15. The zero-order valence-electron chi connectivity index (χ0n) is 10.9. The van der Waals surface area contributed by atoms with Gasteiger partial charge in [0.15, 0.2) is 0 Å². The van der Waals surface area contributed by atoms with Crippen molar-refractivity contribution in [3.05, 3.63) is 29.8 Å². The van der Waals surface area contributed by atoms with Crippen LogP contribution in [0, 0.1) is 0 Å². The van der Waals surface area contributed by atoms with E-state index in [1.807, 2.05) is 19.1 Å². The molecule has 1 aliphatic rings. The van der Waals surface area contributed by atoms with Crippen molar-refractivity contribution in [1.29, 1.82) is 0 Å². The van der Waals surface area contributed by atoms with Crippen LogP contribution >= 0.6 is 0 Å². The zero-order chi connectivity index (χ0) is 13.0. The minimum Gasteiger partial charge on any atom is -0.481 e. The lowest BCUT2D eigenvalue weighted by molar-refractivity contribution is -0.137. The molecular formula is C15H21NO2. The second-order valence-electron chi connectivity index (χ2n) is 5.25. The lowest BCUT2D eigenvalue weighted by atomic mass is 9.98. The normalized spacial score (nSPS) is 17.6. The highest BCUT2D eigenvalue weighted by molar-refractivity contribution is 5.68. The minimum atomic E-state index is -0.740. The van der Waals surface area contributed by atoms with Crippen molar-refractivity contribution in [2.45, 2.75) is 51.0 Å². The monoisotopic (exact) mass is 247 g/mol. The molecule has 1 unspecified atom stereocenters. The summed E-state index contributed by atoms with van der Waals surface area (Å²) in [5, 5.41) is 12.3. The highest BCUT2D eigenvalue weighted by atomic mass is 16.4. The summed E-state index contributed by atoms with van der Waals surface area (Å²) in [4.78, 5) is 10.7. The van der Waals surface area contributed by atoms with Gasteiger partial charge in [-0.15, -0.1) is 0 Å². The zero-order valence-corrected chi connectivity index (χ0v) is 10.9. The molecule has 2 rings (SSSR count). The first-order valence-electron chi connectivity index (χ1n) is 6.73. The van der Waals surface area contributed by atoms with Gasteiger partial charge in [-0.3, -0.25) is 4.79 Å². The summed E-state index contributed by atoms with van der Waals surface area (Å²) in [6.07, 6.45) is 5.36. The molecule has 0 aliphatic heterocycles. The van der Waals surface area contributed by atoms with E-state index in [1.165, 1.54) is 25.7 Å². The predicted molar refractivity (Wildman–Crippen MR) is 73.0 cm³/mol. The third-order valence-electron chi connectivity index (χ3n) is 3.69. The van der Waals surface area contributed by atoms with E-state index < -0.39 is 5.97 Å². The molecule has 0 amide bonds. The second-order valence-corrected chi connectivity index (χ2v) is 5.25. The molecule has 1 aromatic carbocycles. The van der Waals surface area contributed by atoms with Crippen molar-refractivity contribution in [3.63, 3.8) is 0 Å². The lowest BCUT2D eigenvalue weighted by Crippen LogP contribution is -2.14. The van der Waals surface area contributed by atoms with Crippen LogP contribution in [0.2, 0.25) is 0 Å². The number of aliphatic carboxylic acids is 1. The Labute approximate surface area is 108 Å². The van der Waals surface area contributed by atoms with Crippen LogP contribution in [0.4, 0.5) is 5.69 Å². The van der Waals surface area contributed by atoms with Crippen LogP contribution in [0.5, 0.6) is 0 Å². The molecule has 0 aromatic heterocycles. The smallest absolute Gasteiger partial charge is 0.303 e. The van der Waals surface area contributed by atoms with Crippen molar-refractivity contribution in [2.75, 3.05) is 5.32 Å². The summed E-state index contributed by atoms with van der Waals surface area (Å²) in [5.74, 6) is -0.668. The van der Waals surface area contributed by atoms with Crippen LogP contribution in [-0.2, 0) is 4.79 Å². The second kappa shape index (κ2) is 5.89. The van der Waals surface area contributed by atoms with Gasteiger partial charge in [-0.2, -0.15) is 0 Å². The Bertz CT molecular complexity index is 393. The fourth-order valence-corrected chi connectivity index (χ4v) is 2.59. The summed E-state index contributed by atoms with van der Waals surface area (Å²) >= 11 is 0. The van der Waals surface area contributed by atoms with Crippen molar-refractivity contribution >= 4 is 11.7 Å².